The van der Waals surface area contributed by atoms with Crippen LogP contribution in [-0.4, -0.2) is 12.3 Å². The molecule has 0 N–H and O–H groups in total. The summed E-state index contributed by atoms with van der Waals surface area (Å²) >= 11 is 0. The number of rotatable bonds is 1. The molecule has 0 amide bonds. The van der Waals surface area contributed by atoms with E-state index in [1.807, 2.05) is 24.3 Å². The molecule has 0 spiro atoms. The van der Waals surface area contributed by atoms with E-state index in [4.69, 9.17) is 9.47 Å². The number of ether oxygens (including phenoxy) is 2. The van der Waals surface area contributed by atoms with E-state index >= 15 is 0 Å². The first kappa shape index (κ1) is 9.06. The van der Waals surface area contributed by atoms with E-state index < -0.39 is 6.29 Å². The highest BCUT2D eigenvalue weighted by Gasteiger charge is 2.20. The van der Waals surface area contributed by atoms with Gasteiger partial charge < -0.3 is 9.47 Å². The fourth-order valence-corrected chi connectivity index (χ4v) is 1.57. The van der Waals surface area contributed by atoms with Gasteiger partial charge in [-0.05, 0) is 18.1 Å². The lowest BCUT2D eigenvalue weighted by Crippen LogP contribution is -2.27. The maximum Gasteiger partial charge on any atom is 0.305 e. The van der Waals surface area contributed by atoms with Crippen LogP contribution in [0.4, 0.5) is 0 Å². The molecule has 0 saturated carbocycles. The minimum atomic E-state index is -0.414. The van der Waals surface area contributed by atoms with Gasteiger partial charge >= 0.3 is 5.97 Å². The van der Waals surface area contributed by atoms with Crippen molar-refractivity contribution in [3.8, 4) is 5.75 Å². The second-order valence-corrected chi connectivity index (χ2v) is 3.30. The highest BCUT2D eigenvalue weighted by atomic mass is 16.7. The normalized spacial score (nSPS) is 19.4. The number of fused-ring (bicyclic) bond motifs is 1. The topological polar surface area (TPSA) is 35.5 Å². The van der Waals surface area contributed by atoms with Gasteiger partial charge in [0.25, 0.3) is 0 Å². The van der Waals surface area contributed by atoms with Crippen LogP contribution in [0, 0.1) is 0 Å². The second-order valence-electron chi connectivity index (χ2n) is 3.30. The molecule has 1 aliphatic heterocycles. The average Bonchev–Trinajstić information content (AvgIpc) is 2.17. The van der Waals surface area contributed by atoms with Crippen molar-refractivity contribution in [1.82, 2.24) is 0 Å². The van der Waals surface area contributed by atoms with Crippen molar-refractivity contribution in [2.45, 2.75) is 26.1 Å². The summed E-state index contributed by atoms with van der Waals surface area (Å²) in [7, 11) is 0. The van der Waals surface area contributed by atoms with Gasteiger partial charge in [0.15, 0.2) is 0 Å². The number of carbonyl (C=O) groups excluding carboxylic acids is 1. The Kier molecular flexibility index (Phi) is 2.39. The first-order valence-electron chi connectivity index (χ1n) is 4.67. The lowest BCUT2D eigenvalue weighted by molar-refractivity contribution is -0.162. The van der Waals surface area contributed by atoms with Gasteiger partial charge in [0.2, 0.25) is 6.29 Å². The molecule has 0 unspecified atom stereocenters. The number of carbonyl (C=O) groups is 1. The van der Waals surface area contributed by atoms with E-state index in [0.29, 0.717) is 0 Å². The molecule has 0 bridgehead atoms. The smallest absolute Gasteiger partial charge is 0.305 e. The lowest BCUT2D eigenvalue weighted by Gasteiger charge is -2.24. The fourth-order valence-electron chi connectivity index (χ4n) is 1.57. The van der Waals surface area contributed by atoms with Crippen molar-refractivity contribution in [2.24, 2.45) is 0 Å². The van der Waals surface area contributed by atoms with Crippen molar-refractivity contribution in [3.05, 3.63) is 29.8 Å². The summed E-state index contributed by atoms with van der Waals surface area (Å²) in [5, 5.41) is 0. The van der Waals surface area contributed by atoms with Gasteiger partial charge in [0.05, 0.1) is 0 Å². The Bertz CT molecular complexity index is 346. The van der Waals surface area contributed by atoms with Crippen LogP contribution in [0.2, 0.25) is 0 Å². The van der Waals surface area contributed by atoms with Crippen molar-refractivity contribution < 1.29 is 14.3 Å². The summed E-state index contributed by atoms with van der Waals surface area (Å²) in [6, 6.07) is 7.81. The first-order valence-corrected chi connectivity index (χ1v) is 4.67. The van der Waals surface area contributed by atoms with E-state index in [-0.39, 0.29) is 5.97 Å². The molecular weight excluding hydrogens is 180 g/mol. The van der Waals surface area contributed by atoms with E-state index in [9.17, 15) is 4.79 Å². The van der Waals surface area contributed by atoms with E-state index in [0.717, 1.165) is 18.6 Å². The van der Waals surface area contributed by atoms with E-state index in [1.165, 1.54) is 12.5 Å². The number of aryl methyl sites for hydroxylation is 1. The van der Waals surface area contributed by atoms with Crippen LogP contribution in [0.1, 0.15) is 18.9 Å². The van der Waals surface area contributed by atoms with E-state index in [2.05, 4.69) is 0 Å². The van der Waals surface area contributed by atoms with Gasteiger partial charge in [-0.2, -0.15) is 0 Å². The summed E-state index contributed by atoms with van der Waals surface area (Å²) < 4.78 is 10.5. The molecule has 0 fully saturated rings. The molecule has 2 rings (SSSR count). The zero-order valence-corrected chi connectivity index (χ0v) is 8.03. The van der Waals surface area contributed by atoms with Crippen LogP contribution in [0.25, 0.3) is 0 Å². The predicted molar refractivity (Wildman–Crippen MR) is 50.9 cm³/mol. The summed E-state index contributed by atoms with van der Waals surface area (Å²) in [6.07, 6.45) is 1.22. The van der Waals surface area contributed by atoms with Gasteiger partial charge in [0.1, 0.15) is 5.75 Å². The third-order valence-electron chi connectivity index (χ3n) is 2.18. The number of esters is 1. The monoisotopic (exact) mass is 192 g/mol. The highest BCUT2D eigenvalue weighted by molar-refractivity contribution is 5.66. The quantitative estimate of drug-likeness (QED) is 0.637. The van der Waals surface area contributed by atoms with Crippen LogP contribution in [-0.2, 0) is 16.0 Å². The maximum absolute atomic E-state index is 10.7. The minimum absolute atomic E-state index is 0.297. The SMILES string of the molecule is CC(=O)O[C@@H]1CCc2ccccc2O1. The van der Waals surface area contributed by atoms with Crippen molar-refractivity contribution in [1.29, 1.82) is 0 Å². The molecule has 3 heteroatoms. The molecule has 3 nitrogen and oxygen atoms in total. The Morgan fingerprint density at radius 2 is 2.29 bits per heavy atom. The van der Waals surface area contributed by atoms with Crippen LogP contribution < -0.4 is 4.74 Å². The average molecular weight is 192 g/mol. The van der Waals surface area contributed by atoms with Gasteiger partial charge in [-0.1, -0.05) is 18.2 Å². The number of para-hydroxylation sites is 1. The number of hydrogen-bond acceptors (Lipinski definition) is 3. The highest BCUT2D eigenvalue weighted by Crippen LogP contribution is 2.27. The van der Waals surface area contributed by atoms with Crippen molar-refractivity contribution >= 4 is 5.97 Å². The standard InChI is InChI=1S/C11H12O3/c1-8(12)13-11-7-6-9-4-2-3-5-10(9)14-11/h2-5,11H,6-7H2,1H3/t11-/m0/s1. The molecule has 1 heterocycles. The summed E-state index contributed by atoms with van der Waals surface area (Å²) in [6.45, 7) is 1.39. The van der Waals surface area contributed by atoms with Crippen molar-refractivity contribution in [3.63, 3.8) is 0 Å². The minimum Gasteiger partial charge on any atom is -0.454 e. The predicted octanol–water partition coefficient (Wildman–Crippen LogP) is 1.90. The molecule has 1 aromatic rings. The summed E-state index contributed by atoms with van der Waals surface area (Å²) in [4.78, 5) is 10.7. The van der Waals surface area contributed by atoms with Gasteiger partial charge in [-0.15, -0.1) is 0 Å². The van der Waals surface area contributed by atoms with Gasteiger partial charge in [-0.3, -0.25) is 4.79 Å². The molecule has 74 valence electrons. The van der Waals surface area contributed by atoms with Crippen LogP contribution >= 0.6 is 0 Å². The summed E-state index contributed by atoms with van der Waals surface area (Å²) in [5.41, 5.74) is 1.18. The molecule has 0 aliphatic carbocycles. The Balaban J connectivity index is 2.09. The largest absolute Gasteiger partial charge is 0.454 e. The second kappa shape index (κ2) is 3.70. The zero-order valence-electron chi connectivity index (χ0n) is 8.03. The molecule has 0 radical (unpaired) electrons. The van der Waals surface area contributed by atoms with Crippen LogP contribution in [0.15, 0.2) is 24.3 Å². The first-order chi connectivity index (χ1) is 6.75. The van der Waals surface area contributed by atoms with E-state index in [1.54, 1.807) is 0 Å². The third-order valence-corrected chi connectivity index (χ3v) is 2.18. The molecule has 14 heavy (non-hydrogen) atoms. The molecule has 1 atom stereocenters. The zero-order chi connectivity index (χ0) is 9.97. The maximum atomic E-state index is 10.7. The van der Waals surface area contributed by atoms with Crippen molar-refractivity contribution in [2.75, 3.05) is 0 Å². The molecule has 0 saturated heterocycles. The number of hydrogen-bond donors (Lipinski definition) is 0. The van der Waals surface area contributed by atoms with Gasteiger partial charge in [-0.25, -0.2) is 0 Å². The molecular formula is C11H12O3. The third kappa shape index (κ3) is 1.87. The Morgan fingerprint density at radius 1 is 1.50 bits per heavy atom. The Labute approximate surface area is 82.6 Å². The Hall–Kier alpha value is -1.51. The van der Waals surface area contributed by atoms with Gasteiger partial charge in [0, 0.05) is 13.3 Å². The molecule has 1 aromatic carbocycles. The lowest BCUT2D eigenvalue weighted by atomic mass is 10.1. The number of benzene rings is 1. The molecule has 1 aliphatic rings. The van der Waals surface area contributed by atoms with Crippen LogP contribution in [0.5, 0.6) is 5.75 Å². The molecule has 0 aromatic heterocycles. The summed E-state index contributed by atoms with van der Waals surface area (Å²) in [5.74, 6) is 0.527. The fraction of sp³-hybridized carbons (Fsp3) is 0.364. The van der Waals surface area contributed by atoms with Crippen LogP contribution in [0.3, 0.4) is 0 Å². The Morgan fingerprint density at radius 3 is 3.07 bits per heavy atom.